The molecule has 29 heavy (non-hydrogen) atoms. The van der Waals surface area contributed by atoms with Crippen molar-refractivity contribution in [3.8, 4) is 6.01 Å². The summed E-state index contributed by atoms with van der Waals surface area (Å²) < 4.78 is 58.9. The van der Waals surface area contributed by atoms with Crippen LogP contribution in [0.2, 0.25) is 0 Å². The fraction of sp³-hybridized carbons (Fsp3) is 0.368. The third kappa shape index (κ3) is 3.38. The van der Waals surface area contributed by atoms with Gasteiger partial charge in [-0.3, -0.25) is 0 Å². The van der Waals surface area contributed by atoms with E-state index < -0.39 is 17.5 Å². The molecule has 2 aliphatic rings. The SMILES string of the molecule is Fc1cc2[nH]c(OC3CO[C@@H]4CCO[C@H]34)nc2nc1NCc1c(F)cccc1F. The van der Waals surface area contributed by atoms with Crippen LogP contribution in [-0.2, 0) is 16.0 Å². The number of anilines is 1. The van der Waals surface area contributed by atoms with Crippen molar-refractivity contribution in [3.63, 3.8) is 0 Å². The molecule has 0 spiro atoms. The number of halogens is 3. The Bertz CT molecular complexity index is 1040. The fourth-order valence-corrected chi connectivity index (χ4v) is 3.62. The summed E-state index contributed by atoms with van der Waals surface area (Å²) in [6.07, 6.45) is 0.388. The van der Waals surface area contributed by atoms with E-state index in [2.05, 4.69) is 20.3 Å². The summed E-state index contributed by atoms with van der Waals surface area (Å²) in [7, 11) is 0. The van der Waals surface area contributed by atoms with Crippen LogP contribution in [0.3, 0.4) is 0 Å². The van der Waals surface area contributed by atoms with Gasteiger partial charge in [0.05, 0.1) is 18.2 Å². The number of imidazole rings is 1. The number of hydrogen-bond acceptors (Lipinski definition) is 6. The number of nitrogens with zero attached hydrogens (tertiary/aromatic N) is 2. The Balaban J connectivity index is 1.34. The molecule has 10 heteroatoms. The summed E-state index contributed by atoms with van der Waals surface area (Å²) >= 11 is 0. The highest BCUT2D eigenvalue weighted by atomic mass is 19.1. The number of hydrogen-bond donors (Lipinski definition) is 2. The molecule has 0 bridgehead atoms. The number of H-pyrrole nitrogens is 1. The molecule has 0 saturated carbocycles. The topological polar surface area (TPSA) is 81.3 Å². The van der Waals surface area contributed by atoms with E-state index in [1.165, 1.54) is 12.1 Å². The van der Waals surface area contributed by atoms with E-state index in [1.807, 2.05) is 0 Å². The zero-order valence-corrected chi connectivity index (χ0v) is 15.1. The van der Waals surface area contributed by atoms with Gasteiger partial charge in [0.1, 0.15) is 17.7 Å². The predicted octanol–water partition coefficient (Wildman–Crippen LogP) is 2.92. The van der Waals surface area contributed by atoms with Crippen molar-refractivity contribution < 1.29 is 27.4 Å². The zero-order chi connectivity index (χ0) is 20.0. The molecule has 0 radical (unpaired) electrons. The lowest BCUT2D eigenvalue weighted by Gasteiger charge is -2.15. The van der Waals surface area contributed by atoms with Gasteiger partial charge in [0, 0.05) is 24.8 Å². The van der Waals surface area contributed by atoms with Crippen LogP contribution in [0.4, 0.5) is 19.0 Å². The van der Waals surface area contributed by atoms with Crippen LogP contribution in [0.1, 0.15) is 12.0 Å². The lowest BCUT2D eigenvalue weighted by atomic mass is 10.1. The van der Waals surface area contributed by atoms with E-state index in [1.54, 1.807) is 0 Å². The second-order valence-corrected chi connectivity index (χ2v) is 6.94. The maximum atomic E-state index is 14.4. The monoisotopic (exact) mass is 406 g/mol. The number of rotatable bonds is 5. The minimum absolute atomic E-state index is 0.0227. The first-order chi connectivity index (χ1) is 14.1. The molecule has 0 aliphatic carbocycles. The van der Waals surface area contributed by atoms with Crippen LogP contribution in [0.15, 0.2) is 24.3 Å². The number of benzene rings is 1. The van der Waals surface area contributed by atoms with Gasteiger partial charge in [0.25, 0.3) is 6.01 Å². The third-order valence-corrected chi connectivity index (χ3v) is 5.08. The Hall–Kier alpha value is -2.85. The Morgan fingerprint density at radius 3 is 2.79 bits per heavy atom. The molecular weight excluding hydrogens is 389 g/mol. The van der Waals surface area contributed by atoms with Gasteiger partial charge in [0.2, 0.25) is 0 Å². The Morgan fingerprint density at radius 1 is 1.14 bits per heavy atom. The highest BCUT2D eigenvalue weighted by Gasteiger charge is 2.43. The Labute approximate surface area is 163 Å². The molecular formula is C19H17F3N4O3. The summed E-state index contributed by atoms with van der Waals surface area (Å²) in [6.45, 7) is 0.746. The first-order valence-corrected chi connectivity index (χ1v) is 9.21. The van der Waals surface area contributed by atoms with Crippen LogP contribution in [0.25, 0.3) is 11.2 Å². The van der Waals surface area contributed by atoms with Crippen molar-refractivity contribution in [2.75, 3.05) is 18.5 Å². The Kier molecular flexibility index (Phi) is 4.51. The second-order valence-electron chi connectivity index (χ2n) is 6.94. The number of aromatic nitrogens is 3. The van der Waals surface area contributed by atoms with Gasteiger partial charge in [-0.15, -0.1) is 0 Å². The molecule has 152 valence electrons. The first-order valence-electron chi connectivity index (χ1n) is 9.21. The second kappa shape index (κ2) is 7.20. The van der Waals surface area contributed by atoms with Crippen molar-refractivity contribution in [1.29, 1.82) is 0 Å². The summed E-state index contributed by atoms with van der Waals surface area (Å²) in [6, 6.07) is 4.90. The van der Waals surface area contributed by atoms with Crippen molar-refractivity contribution in [3.05, 3.63) is 47.3 Å². The third-order valence-electron chi connectivity index (χ3n) is 5.08. The van der Waals surface area contributed by atoms with Crippen LogP contribution < -0.4 is 10.1 Å². The van der Waals surface area contributed by atoms with E-state index >= 15 is 0 Å². The summed E-state index contributed by atoms with van der Waals surface area (Å²) in [5, 5.41) is 2.61. The average molecular weight is 406 g/mol. The maximum Gasteiger partial charge on any atom is 0.296 e. The van der Waals surface area contributed by atoms with Crippen LogP contribution in [0, 0.1) is 17.5 Å². The molecule has 2 saturated heterocycles. The standard InChI is InChI=1S/C19H17F3N4O3/c20-10-2-1-3-11(21)9(10)7-23-17-12(22)6-13-18(25-17)26-19(24-13)29-15-8-28-14-4-5-27-16(14)15/h1-3,6,14-16H,4-5,7-8H2,(H2,23,24,25,26)/t14-,15?,16+/m1/s1. The number of pyridine rings is 1. The van der Waals surface area contributed by atoms with Crippen molar-refractivity contribution >= 4 is 17.0 Å². The molecule has 3 aromatic rings. The minimum Gasteiger partial charge on any atom is -0.456 e. The molecule has 4 heterocycles. The van der Waals surface area contributed by atoms with Crippen LogP contribution in [0.5, 0.6) is 6.01 Å². The smallest absolute Gasteiger partial charge is 0.296 e. The van der Waals surface area contributed by atoms with Crippen LogP contribution in [-0.4, -0.2) is 46.5 Å². The van der Waals surface area contributed by atoms with Crippen molar-refractivity contribution in [1.82, 2.24) is 15.0 Å². The Morgan fingerprint density at radius 2 is 1.97 bits per heavy atom. The largest absolute Gasteiger partial charge is 0.456 e. The number of nitrogens with one attached hydrogen (secondary N) is 2. The van der Waals surface area contributed by atoms with Crippen LogP contribution >= 0.6 is 0 Å². The van der Waals surface area contributed by atoms with Gasteiger partial charge in [-0.05, 0) is 18.6 Å². The van der Waals surface area contributed by atoms with Crippen molar-refractivity contribution in [2.45, 2.75) is 31.3 Å². The normalized spacial score (nSPS) is 23.5. The van der Waals surface area contributed by atoms with Gasteiger partial charge >= 0.3 is 0 Å². The van der Waals surface area contributed by atoms with E-state index in [-0.39, 0.29) is 47.9 Å². The molecule has 5 rings (SSSR count). The number of ether oxygens (including phenoxy) is 3. The molecule has 2 aromatic heterocycles. The predicted molar refractivity (Wildman–Crippen MR) is 96.0 cm³/mol. The van der Waals surface area contributed by atoms with Gasteiger partial charge in [-0.25, -0.2) is 18.2 Å². The van der Waals surface area contributed by atoms with Crippen molar-refractivity contribution in [2.24, 2.45) is 0 Å². The first kappa shape index (κ1) is 18.2. The molecule has 2 fully saturated rings. The van der Waals surface area contributed by atoms with E-state index in [0.717, 1.165) is 18.6 Å². The molecule has 1 aromatic carbocycles. The molecule has 7 nitrogen and oxygen atoms in total. The maximum absolute atomic E-state index is 14.4. The fourth-order valence-electron chi connectivity index (χ4n) is 3.62. The quantitative estimate of drug-likeness (QED) is 0.678. The lowest BCUT2D eigenvalue weighted by molar-refractivity contribution is 0.0273. The molecule has 1 unspecified atom stereocenters. The molecule has 0 amide bonds. The molecule has 3 atom stereocenters. The van der Waals surface area contributed by atoms with Gasteiger partial charge < -0.3 is 24.5 Å². The van der Waals surface area contributed by atoms with Gasteiger partial charge in [-0.1, -0.05) is 6.07 Å². The number of aromatic amines is 1. The minimum atomic E-state index is -0.722. The lowest BCUT2D eigenvalue weighted by Crippen LogP contribution is -2.32. The average Bonchev–Trinajstić information content (AvgIpc) is 3.38. The molecule has 2 N–H and O–H groups in total. The highest BCUT2D eigenvalue weighted by Crippen LogP contribution is 2.29. The van der Waals surface area contributed by atoms with Gasteiger partial charge in [-0.2, -0.15) is 4.98 Å². The van der Waals surface area contributed by atoms with E-state index in [4.69, 9.17) is 14.2 Å². The summed E-state index contributed by atoms with van der Waals surface area (Å²) in [5.74, 6) is -2.30. The van der Waals surface area contributed by atoms with Gasteiger partial charge in [0.15, 0.2) is 23.4 Å². The zero-order valence-electron chi connectivity index (χ0n) is 15.1. The summed E-state index contributed by atoms with van der Waals surface area (Å²) in [5.41, 5.74) is 0.343. The highest BCUT2D eigenvalue weighted by molar-refractivity contribution is 5.74. The van der Waals surface area contributed by atoms with E-state index in [9.17, 15) is 13.2 Å². The van der Waals surface area contributed by atoms with E-state index in [0.29, 0.717) is 18.7 Å². The summed E-state index contributed by atoms with van der Waals surface area (Å²) in [4.78, 5) is 11.2. The molecule has 2 aliphatic heterocycles. The number of fused-ring (bicyclic) bond motifs is 2.